The van der Waals surface area contributed by atoms with Crippen molar-refractivity contribution in [1.29, 1.82) is 0 Å². The maximum absolute atomic E-state index is 13.7. The molecular weight excluding hydrogens is 477 g/mol. The third kappa shape index (κ3) is 6.85. The molecule has 1 aromatic rings. The number of nitrogens with one attached hydrogen (secondary N) is 2. The van der Waals surface area contributed by atoms with Crippen molar-refractivity contribution in [3.8, 4) is 0 Å². The number of benzene rings is 1. The van der Waals surface area contributed by atoms with Gasteiger partial charge in [-0.15, -0.1) is 0 Å². The molecule has 37 heavy (non-hydrogen) atoms. The summed E-state index contributed by atoms with van der Waals surface area (Å²) >= 11 is 0. The number of primary amides is 1. The first kappa shape index (κ1) is 27.0. The Morgan fingerprint density at radius 1 is 1.05 bits per heavy atom. The molecule has 0 spiro atoms. The lowest BCUT2D eigenvalue weighted by molar-refractivity contribution is -0.147. The molecule has 1 aliphatic carbocycles. The van der Waals surface area contributed by atoms with Gasteiger partial charge in [0.1, 0.15) is 17.9 Å². The van der Waals surface area contributed by atoms with Gasteiger partial charge in [0, 0.05) is 24.6 Å². The largest absolute Gasteiger partial charge is 0.368 e. The molecule has 9 nitrogen and oxygen atoms in total. The van der Waals surface area contributed by atoms with E-state index in [0.717, 1.165) is 44.8 Å². The van der Waals surface area contributed by atoms with E-state index in [-0.39, 0.29) is 37.0 Å². The van der Waals surface area contributed by atoms with Gasteiger partial charge in [-0.3, -0.25) is 19.2 Å². The molecule has 4 rings (SSSR count). The Balaban J connectivity index is 1.51. The molecule has 4 amide bonds. The molecule has 2 saturated heterocycles. The standard InChI is InChI=1S/C27H38FN5O4/c28-21-8-4-7-20(16-21)26(36)32-13-14-33(27(37)19-9-11-30-12-10-19)23(17-32)25(35)31-22(24(29)34)15-18-5-2-1-3-6-18/h4,7-8,16,18-19,22-23,30H,1-3,5-6,9-15,17H2,(H2,29,34)(H,31,35). The lowest BCUT2D eigenvalue weighted by atomic mass is 9.84. The first-order valence-corrected chi connectivity index (χ1v) is 13.5. The van der Waals surface area contributed by atoms with Crippen LogP contribution in [0.4, 0.5) is 4.39 Å². The monoisotopic (exact) mass is 515 g/mol. The van der Waals surface area contributed by atoms with Crippen LogP contribution in [0.1, 0.15) is 61.7 Å². The molecule has 2 heterocycles. The van der Waals surface area contributed by atoms with Crippen LogP contribution >= 0.6 is 0 Å². The van der Waals surface area contributed by atoms with Crippen LogP contribution in [0.25, 0.3) is 0 Å². The summed E-state index contributed by atoms with van der Waals surface area (Å²) in [5.41, 5.74) is 5.85. The second-order valence-corrected chi connectivity index (χ2v) is 10.5. The Morgan fingerprint density at radius 3 is 2.46 bits per heavy atom. The third-order valence-corrected chi connectivity index (χ3v) is 7.97. The first-order chi connectivity index (χ1) is 17.8. The van der Waals surface area contributed by atoms with Crippen LogP contribution in [0.5, 0.6) is 0 Å². The van der Waals surface area contributed by atoms with Crippen molar-refractivity contribution in [2.75, 3.05) is 32.7 Å². The fraction of sp³-hybridized carbons (Fsp3) is 0.630. The number of rotatable bonds is 7. The molecule has 0 bridgehead atoms. The molecule has 2 aliphatic heterocycles. The predicted molar refractivity (Wildman–Crippen MR) is 136 cm³/mol. The fourth-order valence-corrected chi connectivity index (χ4v) is 5.83. The third-order valence-electron chi connectivity index (χ3n) is 7.97. The predicted octanol–water partition coefficient (Wildman–Crippen LogP) is 1.42. The summed E-state index contributed by atoms with van der Waals surface area (Å²) in [6, 6.07) is 3.63. The van der Waals surface area contributed by atoms with Gasteiger partial charge in [-0.1, -0.05) is 38.2 Å². The number of hydrogen-bond donors (Lipinski definition) is 3. The topological polar surface area (TPSA) is 125 Å². The molecule has 0 aromatic heterocycles. The lowest BCUT2D eigenvalue weighted by Crippen LogP contribution is -2.64. The van der Waals surface area contributed by atoms with Crippen molar-refractivity contribution in [3.63, 3.8) is 0 Å². The summed E-state index contributed by atoms with van der Waals surface area (Å²) in [4.78, 5) is 55.5. The molecule has 1 aromatic carbocycles. The van der Waals surface area contributed by atoms with Gasteiger partial charge < -0.3 is 26.2 Å². The van der Waals surface area contributed by atoms with Crippen LogP contribution in [-0.4, -0.2) is 78.2 Å². The number of carbonyl (C=O) groups is 4. The number of nitrogens with zero attached hydrogens (tertiary/aromatic N) is 2. The normalized spacial score (nSPS) is 22.4. The molecule has 10 heteroatoms. The summed E-state index contributed by atoms with van der Waals surface area (Å²) < 4.78 is 13.7. The molecular formula is C27H38FN5O4. The highest BCUT2D eigenvalue weighted by molar-refractivity contribution is 5.96. The van der Waals surface area contributed by atoms with Gasteiger partial charge in [-0.25, -0.2) is 4.39 Å². The van der Waals surface area contributed by atoms with Gasteiger partial charge in [-0.05, 0) is 56.5 Å². The lowest BCUT2D eigenvalue weighted by Gasteiger charge is -2.42. The second-order valence-electron chi connectivity index (χ2n) is 10.5. The molecule has 202 valence electrons. The molecule has 0 radical (unpaired) electrons. The van der Waals surface area contributed by atoms with E-state index in [4.69, 9.17) is 5.73 Å². The highest BCUT2D eigenvalue weighted by Crippen LogP contribution is 2.28. The van der Waals surface area contributed by atoms with E-state index in [1.807, 2.05) is 0 Å². The Hall–Kier alpha value is -3.01. The summed E-state index contributed by atoms with van der Waals surface area (Å²) in [5, 5.41) is 6.06. The van der Waals surface area contributed by atoms with Crippen LogP contribution in [0.15, 0.2) is 24.3 Å². The minimum Gasteiger partial charge on any atom is -0.368 e. The second kappa shape index (κ2) is 12.5. The average molecular weight is 516 g/mol. The quantitative estimate of drug-likeness (QED) is 0.507. The van der Waals surface area contributed by atoms with Crippen molar-refractivity contribution in [2.24, 2.45) is 17.6 Å². The number of piperidine rings is 1. The van der Waals surface area contributed by atoms with E-state index < -0.39 is 35.6 Å². The summed E-state index contributed by atoms with van der Waals surface area (Å²) in [6.45, 7) is 1.85. The maximum Gasteiger partial charge on any atom is 0.254 e. The highest BCUT2D eigenvalue weighted by Gasteiger charge is 2.40. The molecule has 1 saturated carbocycles. The van der Waals surface area contributed by atoms with Gasteiger partial charge >= 0.3 is 0 Å². The number of carbonyl (C=O) groups excluding carboxylic acids is 4. The van der Waals surface area contributed by atoms with Gasteiger partial charge in [0.2, 0.25) is 17.7 Å². The number of hydrogen-bond acceptors (Lipinski definition) is 5. The van der Waals surface area contributed by atoms with Crippen LogP contribution in [0, 0.1) is 17.7 Å². The zero-order chi connectivity index (χ0) is 26.4. The van der Waals surface area contributed by atoms with Gasteiger partial charge in [-0.2, -0.15) is 0 Å². The molecule has 3 fully saturated rings. The average Bonchev–Trinajstić information content (AvgIpc) is 2.92. The van der Waals surface area contributed by atoms with Crippen molar-refractivity contribution < 1.29 is 23.6 Å². The van der Waals surface area contributed by atoms with Crippen LogP contribution < -0.4 is 16.4 Å². The zero-order valence-electron chi connectivity index (χ0n) is 21.3. The van der Waals surface area contributed by atoms with Gasteiger partial charge in [0.15, 0.2) is 0 Å². The Kier molecular flexibility index (Phi) is 9.13. The van der Waals surface area contributed by atoms with E-state index in [1.54, 1.807) is 4.90 Å². The minimum atomic E-state index is -0.957. The van der Waals surface area contributed by atoms with Crippen LogP contribution in [0.3, 0.4) is 0 Å². The van der Waals surface area contributed by atoms with Gasteiger partial charge in [0.25, 0.3) is 5.91 Å². The molecule has 4 N–H and O–H groups in total. The number of amides is 4. The molecule has 2 unspecified atom stereocenters. The van der Waals surface area contributed by atoms with Crippen molar-refractivity contribution in [2.45, 2.75) is 63.5 Å². The van der Waals surface area contributed by atoms with Crippen molar-refractivity contribution in [3.05, 3.63) is 35.6 Å². The van der Waals surface area contributed by atoms with Gasteiger partial charge in [0.05, 0.1) is 6.54 Å². The SMILES string of the molecule is NC(=O)C(CC1CCCCC1)NC(=O)C1CN(C(=O)c2cccc(F)c2)CCN1C(=O)C1CCNCC1. The first-order valence-electron chi connectivity index (χ1n) is 13.5. The summed E-state index contributed by atoms with van der Waals surface area (Å²) in [5.74, 6) is -2.00. The van der Waals surface area contributed by atoms with E-state index in [2.05, 4.69) is 10.6 Å². The Bertz CT molecular complexity index is 993. The molecule has 2 atom stereocenters. The molecule has 3 aliphatic rings. The Labute approximate surface area is 217 Å². The van der Waals surface area contributed by atoms with Crippen LogP contribution in [-0.2, 0) is 14.4 Å². The van der Waals surface area contributed by atoms with E-state index in [1.165, 1.54) is 29.5 Å². The minimum absolute atomic E-state index is 0.0349. The van der Waals surface area contributed by atoms with E-state index in [0.29, 0.717) is 25.2 Å². The smallest absolute Gasteiger partial charge is 0.254 e. The number of piperazine rings is 1. The fourth-order valence-electron chi connectivity index (χ4n) is 5.83. The number of halogens is 1. The van der Waals surface area contributed by atoms with Crippen LogP contribution in [0.2, 0.25) is 0 Å². The maximum atomic E-state index is 13.7. The zero-order valence-corrected chi connectivity index (χ0v) is 21.3. The highest BCUT2D eigenvalue weighted by atomic mass is 19.1. The van der Waals surface area contributed by atoms with Crippen molar-refractivity contribution >= 4 is 23.6 Å². The Morgan fingerprint density at radius 2 is 1.78 bits per heavy atom. The number of nitrogens with two attached hydrogens (primary N) is 1. The van der Waals surface area contributed by atoms with E-state index >= 15 is 0 Å². The summed E-state index contributed by atoms with van der Waals surface area (Å²) in [6.07, 6.45) is 7.21. The van der Waals surface area contributed by atoms with Crippen molar-refractivity contribution in [1.82, 2.24) is 20.4 Å². The summed E-state index contributed by atoms with van der Waals surface area (Å²) in [7, 11) is 0. The van der Waals surface area contributed by atoms with E-state index in [9.17, 15) is 23.6 Å².